The number of thiocarbonyl (C=S) groups is 1. The first-order chi connectivity index (χ1) is 13.6. The van der Waals surface area contributed by atoms with E-state index in [0.717, 1.165) is 15.6 Å². The molecule has 0 radical (unpaired) electrons. The molecule has 2 aromatic rings. The molecule has 154 valence electrons. The summed E-state index contributed by atoms with van der Waals surface area (Å²) < 4.78 is 6.30. The summed E-state index contributed by atoms with van der Waals surface area (Å²) in [5, 5.41) is 2.51. The number of hydrogen-bond acceptors (Lipinski definition) is 4. The van der Waals surface area contributed by atoms with Gasteiger partial charge in [-0.3, -0.25) is 20.4 Å². The Hall–Kier alpha value is -2.45. The Bertz CT molecular complexity index is 882. The summed E-state index contributed by atoms with van der Waals surface area (Å²) in [5.74, 6) is -0.148. The van der Waals surface area contributed by atoms with Crippen LogP contribution in [0.2, 0.25) is 0 Å². The average Bonchev–Trinajstić information content (AvgIpc) is 2.65. The molecule has 2 rings (SSSR count). The van der Waals surface area contributed by atoms with Gasteiger partial charge in [0.1, 0.15) is 5.75 Å². The molecule has 0 bridgehead atoms. The zero-order chi connectivity index (χ0) is 21.4. The molecular formula is C21H24BrN3O3S. The van der Waals surface area contributed by atoms with E-state index in [1.165, 1.54) is 0 Å². The summed E-state index contributed by atoms with van der Waals surface area (Å²) in [6.45, 7) is 6.16. The van der Waals surface area contributed by atoms with Crippen LogP contribution in [0.15, 0.2) is 53.0 Å². The van der Waals surface area contributed by atoms with Gasteiger partial charge in [0.25, 0.3) is 5.91 Å². The number of rotatable bonds is 5. The molecule has 0 aromatic heterocycles. The minimum Gasteiger partial charge on any atom is -0.483 e. The van der Waals surface area contributed by atoms with Crippen molar-refractivity contribution in [3.63, 3.8) is 0 Å². The smallest absolute Gasteiger partial charge is 0.276 e. The van der Waals surface area contributed by atoms with E-state index in [0.29, 0.717) is 5.75 Å². The number of carbonyl (C=O) groups is 2. The molecule has 0 aliphatic heterocycles. The van der Waals surface area contributed by atoms with E-state index in [1.54, 1.807) is 0 Å². The molecule has 29 heavy (non-hydrogen) atoms. The van der Waals surface area contributed by atoms with E-state index >= 15 is 0 Å². The van der Waals surface area contributed by atoms with Crippen LogP contribution in [-0.4, -0.2) is 23.5 Å². The first-order valence-corrected chi connectivity index (χ1v) is 10.2. The lowest BCUT2D eigenvalue weighted by Crippen LogP contribution is -2.49. The molecule has 0 heterocycles. The van der Waals surface area contributed by atoms with Crippen molar-refractivity contribution in [1.82, 2.24) is 16.2 Å². The van der Waals surface area contributed by atoms with Gasteiger partial charge in [0, 0.05) is 0 Å². The van der Waals surface area contributed by atoms with Crippen LogP contribution in [0.1, 0.15) is 31.9 Å². The monoisotopic (exact) mass is 477 g/mol. The van der Waals surface area contributed by atoms with Crippen LogP contribution in [-0.2, 0) is 21.4 Å². The maximum Gasteiger partial charge on any atom is 0.276 e. The normalized spacial score (nSPS) is 10.8. The Morgan fingerprint density at radius 1 is 1.03 bits per heavy atom. The Morgan fingerprint density at radius 2 is 1.72 bits per heavy atom. The number of ether oxygens (including phenoxy) is 1. The van der Waals surface area contributed by atoms with Gasteiger partial charge >= 0.3 is 0 Å². The van der Waals surface area contributed by atoms with Crippen molar-refractivity contribution < 1.29 is 14.3 Å². The highest BCUT2D eigenvalue weighted by Gasteiger charge is 2.15. The third kappa shape index (κ3) is 7.83. The summed E-state index contributed by atoms with van der Waals surface area (Å²) >= 11 is 8.47. The van der Waals surface area contributed by atoms with Crippen molar-refractivity contribution >= 4 is 45.1 Å². The fourth-order valence-corrected chi connectivity index (χ4v) is 3.03. The summed E-state index contributed by atoms with van der Waals surface area (Å²) in [6.07, 6.45) is 0.193. The highest BCUT2D eigenvalue weighted by atomic mass is 79.9. The van der Waals surface area contributed by atoms with Gasteiger partial charge in [0.15, 0.2) is 11.7 Å². The Morgan fingerprint density at radius 3 is 2.34 bits per heavy atom. The summed E-state index contributed by atoms with van der Waals surface area (Å²) in [7, 11) is 0. The van der Waals surface area contributed by atoms with Gasteiger partial charge in [-0.1, -0.05) is 57.2 Å². The lowest BCUT2D eigenvalue weighted by Gasteiger charge is -2.20. The van der Waals surface area contributed by atoms with E-state index < -0.39 is 5.91 Å². The van der Waals surface area contributed by atoms with E-state index in [4.69, 9.17) is 17.0 Å². The second-order valence-electron chi connectivity index (χ2n) is 7.40. The third-order valence-corrected chi connectivity index (χ3v) is 4.76. The second kappa shape index (κ2) is 10.4. The predicted octanol–water partition coefficient (Wildman–Crippen LogP) is 3.39. The quantitative estimate of drug-likeness (QED) is 0.454. The minimum atomic E-state index is -0.434. The number of hydrazine groups is 1. The molecule has 0 aliphatic carbocycles. The molecule has 0 saturated carbocycles. The molecule has 0 unspecified atom stereocenters. The Kier molecular flexibility index (Phi) is 8.16. The molecule has 0 atom stereocenters. The highest BCUT2D eigenvalue weighted by Crippen LogP contribution is 2.31. The van der Waals surface area contributed by atoms with Gasteiger partial charge in [0.2, 0.25) is 5.91 Å². The topological polar surface area (TPSA) is 79.5 Å². The van der Waals surface area contributed by atoms with E-state index in [1.807, 2.05) is 48.5 Å². The van der Waals surface area contributed by atoms with Crippen LogP contribution < -0.4 is 20.9 Å². The fourth-order valence-electron chi connectivity index (χ4n) is 2.37. The zero-order valence-corrected chi connectivity index (χ0v) is 18.9. The van der Waals surface area contributed by atoms with Crippen LogP contribution in [0.3, 0.4) is 0 Å². The molecule has 0 spiro atoms. The van der Waals surface area contributed by atoms with Crippen molar-refractivity contribution in [2.24, 2.45) is 0 Å². The molecule has 0 fully saturated rings. The number of amides is 2. The van der Waals surface area contributed by atoms with Gasteiger partial charge in [-0.15, -0.1) is 0 Å². The SMILES string of the molecule is CC(C)(C)c1ccc(OCC(=O)NNC(=S)NC(=O)Cc2ccccc2)c(Br)c1. The molecule has 8 heteroatoms. The van der Waals surface area contributed by atoms with E-state index in [-0.39, 0.29) is 29.5 Å². The van der Waals surface area contributed by atoms with Crippen molar-refractivity contribution in [3.05, 3.63) is 64.1 Å². The Labute approximate surface area is 184 Å². The lowest BCUT2D eigenvalue weighted by atomic mass is 9.87. The maximum absolute atomic E-state index is 11.9. The number of benzene rings is 2. The van der Waals surface area contributed by atoms with Crippen LogP contribution in [0.25, 0.3) is 0 Å². The van der Waals surface area contributed by atoms with Crippen molar-refractivity contribution in [2.45, 2.75) is 32.6 Å². The average molecular weight is 478 g/mol. The molecule has 0 aliphatic rings. The van der Waals surface area contributed by atoms with Crippen molar-refractivity contribution in [3.8, 4) is 5.75 Å². The number of nitrogens with one attached hydrogen (secondary N) is 3. The van der Waals surface area contributed by atoms with Gasteiger partial charge in [-0.25, -0.2) is 0 Å². The maximum atomic E-state index is 11.9. The molecule has 2 aromatic carbocycles. The van der Waals surface area contributed by atoms with Gasteiger partial charge in [0.05, 0.1) is 10.9 Å². The highest BCUT2D eigenvalue weighted by molar-refractivity contribution is 9.10. The summed E-state index contributed by atoms with van der Waals surface area (Å²) in [4.78, 5) is 23.9. The standard InChI is InChI=1S/C21H24BrN3O3S/c1-21(2,3)15-9-10-17(16(22)12-15)28-13-19(27)24-25-20(29)23-18(26)11-14-7-5-4-6-8-14/h4-10,12H,11,13H2,1-3H3,(H,24,27)(H2,23,25,26,29). The molecule has 3 N–H and O–H groups in total. The predicted molar refractivity (Wildman–Crippen MR) is 121 cm³/mol. The lowest BCUT2D eigenvalue weighted by molar-refractivity contribution is -0.124. The zero-order valence-electron chi connectivity index (χ0n) is 16.5. The van der Waals surface area contributed by atoms with Crippen LogP contribution >= 0.6 is 28.1 Å². The van der Waals surface area contributed by atoms with Gasteiger partial charge < -0.3 is 10.1 Å². The number of hydrogen-bond donors (Lipinski definition) is 3. The van der Waals surface area contributed by atoms with E-state index in [9.17, 15) is 9.59 Å². The summed E-state index contributed by atoms with van der Waals surface area (Å²) in [5.41, 5.74) is 6.92. The summed E-state index contributed by atoms with van der Waals surface area (Å²) in [6, 6.07) is 15.0. The van der Waals surface area contributed by atoms with Crippen LogP contribution in [0.5, 0.6) is 5.75 Å². The van der Waals surface area contributed by atoms with Gasteiger partial charge in [-0.2, -0.15) is 0 Å². The third-order valence-electron chi connectivity index (χ3n) is 3.93. The van der Waals surface area contributed by atoms with Crippen LogP contribution in [0.4, 0.5) is 0 Å². The van der Waals surface area contributed by atoms with Gasteiger partial charge in [-0.05, 0) is 56.8 Å². The minimum absolute atomic E-state index is 0.00925. The molecular weight excluding hydrogens is 454 g/mol. The Balaban J connectivity index is 1.74. The molecule has 6 nitrogen and oxygen atoms in total. The van der Waals surface area contributed by atoms with Crippen molar-refractivity contribution in [1.29, 1.82) is 0 Å². The first-order valence-electron chi connectivity index (χ1n) is 9.00. The van der Waals surface area contributed by atoms with Crippen LogP contribution in [0, 0.1) is 0 Å². The van der Waals surface area contributed by atoms with Crippen molar-refractivity contribution in [2.75, 3.05) is 6.61 Å². The molecule has 2 amide bonds. The second-order valence-corrected chi connectivity index (χ2v) is 8.66. The van der Waals surface area contributed by atoms with E-state index in [2.05, 4.69) is 52.9 Å². The number of carbonyl (C=O) groups excluding carboxylic acids is 2. The molecule has 0 saturated heterocycles. The fraction of sp³-hybridized carbons (Fsp3) is 0.286. The largest absolute Gasteiger partial charge is 0.483 e. The number of halogens is 1. The first kappa shape index (κ1) is 22.8.